The van der Waals surface area contributed by atoms with Crippen LogP contribution in [0.3, 0.4) is 0 Å². The van der Waals surface area contributed by atoms with Gasteiger partial charge in [-0.2, -0.15) is 0 Å². The molecule has 20 heavy (non-hydrogen) atoms. The molecule has 0 saturated heterocycles. The molecule has 0 spiro atoms. The Morgan fingerprint density at radius 3 is 2.60 bits per heavy atom. The van der Waals surface area contributed by atoms with Crippen LogP contribution in [0.15, 0.2) is 30.5 Å². The second kappa shape index (κ2) is 6.01. The summed E-state index contributed by atoms with van der Waals surface area (Å²) in [4.78, 5) is 4.20. The maximum Gasteiger partial charge on any atom is 0.128 e. The molecule has 0 saturated carbocycles. The number of rotatable bonds is 4. The first-order valence-corrected chi connectivity index (χ1v) is 6.73. The summed E-state index contributed by atoms with van der Waals surface area (Å²) in [6.07, 6.45) is 1.73. The Hall–Kier alpha value is -1.94. The van der Waals surface area contributed by atoms with Crippen molar-refractivity contribution >= 4 is 5.82 Å². The molecule has 0 aliphatic rings. The first-order chi connectivity index (χ1) is 9.51. The lowest BCUT2D eigenvalue weighted by atomic mass is 9.96. The number of nitrogens with two attached hydrogens (primary N) is 1. The minimum absolute atomic E-state index is 0.151. The molecule has 3 nitrogen and oxygen atoms in total. The van der Waals surface area contributed by atoms with Gasteiger partial charge in [0.2, 0.25) is 0 Å². The van der Waals surface area contributed by atoms with Crippen molar-refractivity contribution in [2.75, 3.05) is 12.3 Å². The van der Waals surface area contributed by atoms with Crippen LogP contribution in [-0.4, -0.2) is 11.5 Å². The molecule has 3 N–H and O–H groups in total. The molecule has 1 aromatic carbocycles. The highest BCUT2D eigenvalue weighted by atomic mass is 19.1. The largest absolute Gasteiger partial charge is 0.383 e. The summed E-state index contributed by atoms with van der Waals surface area (Å²) >= 11 is 0. The van der Waals surface area contributed by atoms with Crippen molar-refractivity contribution in [2.24, 2.45) is 0 Å². The fourth-order valence-corrected chi connectivity index (χ4v) is 2.38. The van der Waals surface area contributed by atoms with Gasteiger partial charge in [0.15, 0.2) is 0 Å². The number of aromatic nitrogens is 1. The molecular weight excluding hydrogens is 253 g/mol. The van der Waals surface area contributed by atoms with E-state index in [1.165, 1.54) is 6.07 Å². The van der Waals surface area contributed by atoms with Crippen LogP contribution in [-0.2, 0) is 0 Å². The second-order valence-electron chi connectivity index (χ2n) is 5.04. The summed E-state index contributed by atoms with van der Waals surface area (Å²) in [5.74, 6) is 0.241. The van der Waals surface area contributed by atoms with E-state index < -0.39 is 0 Å². The number of hydrogen-bond donors (Lipinski definition) is 2. The maximum absolute atomic E-state index is 13.6. The quantitative estimate of drug-likeness (QED) is 0.900. The summed E-state index contributed by atoms with van der Waals surface area (Å²) in [5.41, 5.74) is 9.66. The van der Waals surface area contributed by atoms with Gasteiger partial charge >= 0.3 is 0 Å². The van der Waals surface area contributed by atoms with Gasteiger partial charge in [0.25, 0.3) is 0 Å². The Morgan fingerprint density at radius 2 is 1.95 bits per heavy atom. The highest BCUT2D eigenvalue weighted by molar-refractivity contribution is 5.47. The molecular formula is C16H20FN3. The van der Waals surface area contributed by atoms with Gasteiger partial charge in [-0.3, -0.25) is 0 Å². The molecule has 0 aliphatic heterocycles. The molecule has 4 heteroatoms. The SMILES string of the molecule is CCNC(c1cc(C)cc(F)c1)c1cc(C)cnc1N. The van der Waals surface area contributed by atoms with Gasteiger partial charge in [0.05, 0.1) is 6.04 Å². The second-order valence-corrected chi connectivity index (χ2v) is 5.04. The Kier molecular flexibility index (Phi) is 4.35. The molecule has 2 rings (SSSR count). The normalized spacial score (nSPS) is 12.4. The van der Waals surface area contributed by atoms with Gasteiger partial charge in [0.1, 0.15) is 11.6 Å². The first-order valence-electron chi connectivity index (χ1n) is 6.73. The molecule has 0 radical (unpaired) electrons. The lowest BCUT2D eigenvalue weighted by Crippen LogP contribution is -2.23. The molecule has 1 unspecified atom stereocenters. The standard InChI is InChI=1S/C16H20FN3/c1-4-19-15(12-5-10(2)6-13(17)8-12)14-7-11(3)9-20-16(14)18/h5-9,15,19H,4H2,1-3H3,(H2,18,20). The number of hydrogen-bond acceptors (Lipinski definition) is 3. The summed E-state index contributed by atoms with van der Waals surface area (Å²) in [7, 11) is 0. The molecule has 0 fully saturated rings. The number of halogens is 1. The lowest BCUT2D eigenvalue weighted by molar-refractivity contribution is 0.601. The Balaban J connectivity index is 2.52. The zero-order valence-corrected chi connectivity index (χ0v) is 12.1. The molecule has 0 amide bonds. The van der Waals surface area contributed by atoms with E-state index in [1.807, 2.05) is 32.9 Å². The van der Waals surface area contributed by atoms with Crippen molar-refractivity contribution < 1.29 is 4.39 Å². The van der Waals surface area contributed by atoms with Crippen LogP contribution in [0.4, 0.5) is 10.2 Å². The van der Waals surface area contributed by atoms with E-state index in [-0.39, 0.29) is 11.9 Å². The number of pyridine rings is 1. The third-order valence-electron chi connectivity index (χ3n) is 3.20. The van der Waals surface area contributed by atoms with Crippen LogP contribution in [0.25, 0.3) is 0 Å². The van der Waals surface area contributed by atoms with E-state index in [0.29, 0.717) is 5.82 Å². The number of nitrogens with zero attached hydrogens (tertiary/aromatic N) is 1. The lowest BCUT2D eigenvalue weighted by Gasteiger charge is -2.21. The van der Waals surface area contributed by atoms with Crippen LogP contribution in [0.5, 0.6) is 0 Å². The molecule has 0 bridgehead atoms. The fourth-order valence-electron chi connectivity index (χ4n) is 2.38. The molecule has 1 atom stereocenters. The van der Waals surface area contributed by atoms with E-state index in [4.69, 9.17) is 5.73 Å². The number of nitrogens with one attached hydrogen (secondary N) is 1. The number of benzene rings is 1. The van der Waals surface area contributed by atoms with Gasteiger partial charge in [-0.25, -0.2) is 9.37 Å². The fraction of sp³-hybridized carbons (Fsp3) is 0.312. The topological polar surface area (TPSA) is 50.9 Å². The third kappa shape index (κ3) is 3.14. The van der Waals surface area contributed by atoms with Crippen molar-refractivity contribution in [3.05, 3.63) is 58.5 Å². The predicted octanol–water partition coefficient (Wildman–Crippen LogP) is 3.12. The smallest absolute Gasteiger partial charge is 0.128 e. The Bertz CT molecular complexity index is 590. The molecule has 2 aromatic rings. The van der Waals surface area contributed by atoms with Gasteiger partial charge in [-0.15, -0.1) is 0 Å². The van der Waals surface area contributed by atoms with Crippen molar-refractivity contribution in [3.63, 3.8) is 0 Å². The monoisotopic (exact) mass is 273 g/mol. The molecule has 1 heterocycles. The Morgan fingerprint density at radius 1 is 1.20 bits per heavy atom. The highest BCUT2D eigenvalue weighted by Gasteiger charge is 2.17. The third-order valence-corrected chi connectivity index (χ3v) is 3.20. The number of aryl methyl sites for hydroxylation is 2. The zero-order chi connectivity index (χ0) is 14.7. The van der Waals surface area contributed by atoms with Crippen molar-refractivity contribution in [1.29, 1.82) is 0 Å². The van der Waals surface area contributed by atoms with Crippen LogP contribution in [0.2, 0.25) is 0 Å². The molecule has 0 aliphatic carbocycles. The Labute approximate surface area is 119 Å². The molecule has 106 valence electrons. The van der Waals surface area contributed by atoms with Crippen LogP contribution < -0.4 is 11.1 Å². The van der Waals surface area contributed by atoms with Crippen molar-refractivity contribution in [2.45, 2.75) is 26.8 Å². The van der Waals surface area contributed by atoms with E-state index in [1.54, 1.807) is 12.3 Å². The van der Waals surface area contributed by atoms with Gasteiger partial charge < -0.3 is 11.1 Å². The highest BCUT2D eigenvalue weighted by Crippen LogP contribution is 2.27. The van der Waals surface area contributed by atoms with Gasteiger partial charge in [-0.05, 0) is 55.3 Å². The number of anilines is 1. The van der Waals surface area contributed by atoms with Crippen LogP contribution in [0, 0.1) is 19.7 Å². The van der Waals surface area contributed by atoms with Crippen LogP contribution >= 0.6 is 0 Å². The number of nitrogen functional groups attached to an aromatic ring is 1. The predicted molar refractivity (Wildman–Crippen MR) is 80.0 cm³/mol. The summed E-state index contributed by atoms with van der Waals surface area (Å²) in [6, 6.07) is 6.88. The first kappa shape index (κ1) is 14.5. The van der Waals surface area contributed by atoms with Crippen LogP contribution in [0.1, 0.15) is 35.2 Å². The van der Waals surface area contributed by atoms with Gasteiger partial charge in [-0.1, -0.05) is 13.0 Å². The van der Waals surface area contributed by atoms with E-state index >= 15 is 0 Å². The van der Waals surface area contributed by atoms with Crippen molar-refractivity contribution in [1.82, 2.24) is 10.3 Å². The average Bonchev–Trinajstić information content (AvgIpc) is 2.38. The minimum atomic E-state index is -0.234. The van der Waals surface area contributed by atoms with Crippen molar-refractivity contribution in [3.8, 4) is 0 Å². The van der Waals surface area contributed by atoms with Gasteiger partial charge in [0, 0.05) is 11.8 Å². The average molecular weight is 273 g/mol. The maximum atomic E-state index is 13.6. The summed E-state index contributed by atoms with van der Waals surface area (Å²) in [5, 5.41) is 3.35. The zero-order valence-electron chi connectivity index (χ0n) is 12.1. The summed E-state index contributed by atoms with van der Waals surface area (Å²) in [6.45, 7) is 6.62. The molecule has 1 aromatic heterocycles. The minimum Gasteiger partial charge on any atom is -0.383 e. The van der Waals surface area contributed by atoms with E-state index in [0.717, 1.165) is 28.8 Å². The van der Waals surface area contributed by atoms with E-state index in [2.05, 4.69) is 10.3 Å². The van der Waals surface area contributed by atoms with E-state index in [9.17, 15) is 4.39 Å². The summed E-state index contributed by atoms with van der Waals surface area (Å²) < 4.78 is 13.6.